The minimum absolute atomic E-state index is 0.438. The maximum atomic E-state index is 12.3. The Morgan fingerprint density at radius 1 is 0.935 bits per heavy atom. The van der Waals surface area contributed by atoms with E-state index in [9.17, 15) is 4.79 Å². The number of hydrogen-bond donors (Lipinski definition) is 0. The topological polar surface area (TPSA) is 44.8 Å². The third-order valence-corrected chi connectivity index (χ3v) is 5.33. The summed E-state index contributed by atoms with van der Waals surface area (Å²) in [4.78, 5) is 12.3. The summed E-state index contributed by atoms with van der Waals surface area (Å²) in [6.07, 6.45) is 3.10. The summed E-state index contributed by atoms with van der Waals surface area (Å²) in [5.74, 6) is 1.39. The van der Waals surface area contributed by atoms with Crippen molar-refractivity contribution >= 4 is 28.0 Å². The zero-order valence-corrected chi connectivity index (χ0v) is 19.7. The van der Waals surface area contributed by atoms with Crippen molar-refractivity contribution in [1.82, 2.24) is 0 Å². The van der Waals surface area contributed by atoms with Crippen molar-refractivity contribution in [3.63, 3.8) is 0 Å². The van der Waals surface area contributed by atoms with Crippen molar-refractivity contribution < 1.29 is 19.0 Å². The molecular weight excluding hydrogens is 456 g/mol. The molecule has 0 aliphatic heterocycles. The Kier molecular flexibility index (Phi) is 7.53. The van der Waals surface area contributed by atoms with Crippen LogP contribution in [0.25, 0.3) is 6.08 Å². The fourth-order valence-corrected chi connectivity index (χ4v) is 3.88. The lowest BCUT2D eigenvalue weighted by Gasteiger charge is -2.12. The highest BCUT2D eigenvalue weighted by molar-refractivity contribution is 9.10. The highest BCUT2D eigenvalue weighted by Crippen LogP contribution is 2.30. The Bertz CT molecular complexity index is 1100. The van der Waals surface area contributed by atoms with Gasteiger partial charge in [0.1, 0.15) is 12.4 Å². The average Bonchev–Trinajstić information content (AvgIpc) is 2.74. The molecule has 3 rings (SSSR count). The monoisotopic (exact) mass is 480 g/mol. The van der Waals surface area contributed by atoms with Crippen LogP contribution in [0.3, 0.4) is 0 Å². The van der Waals surface area contributed by atoms with Gasteiger partial charge in [0, 0.05) is 10.5 Å². The van der Waals surface area contributed by atoms with Gasteiger partial charge < -0.3 is 14.2 Å². The van der Waals surface area contributed by atoms with Gasteiger partial charge in [0.05, 0.1) is 7.11 Å². The number of carbonyl (C=O) groups is 1. The fraction of sp³-hybridized carbons (Fsp3) is 0.192. The molecule has 0 aliphatic carbocycles. The van der Waals surface area contributed by atoms with Crippen molar-refractivity contribution in [3.8, 4) is 17.2 Å². The van der Waals surface area contributed by atoms with Gasteiger partial charge in [0.15, 0.2) is 11.5 Å². The van der Waals surface area contributed by atoms with Gasteiger partial charge in [0.2, 0.25) is 0 Å². The van der Waals surface area contributed by atoms with E-state index in [1.807, 2.05) is 62.4 Å². The number of benzene rings is 3. The number of hydrogen-bond acceptors (Lipinski definition) is 4. The van der Waals surface area contributed by atoms with Gasteiger partial charge in [-0.25, -0.2) is 4.79 Å². The molecule has 0 saturated carbocycles. The molecule has 0 bridgehead atoms. The van der Waals surface area contributed by atoms with Gasteiger partial charge >= 0.3 is 5.97 Å². The second kappa shape index (κ2) is 10.3. The Balaban J connectivity index is 1.68. The molecular formula is C26H25BrO4. The molecule has 0 saturated heterocycles. The number of halogens is 1. The normalized spacial score (nSPS) is 10.9. The van der Waals surface area contributed by atoms with E-state index in [1.54, 1.807) is 13.2 Å². The average molecular weight is 481 g/mol. The SMILES string of the molecule is COc1cc(/C=C/C(=O)Oc2c(C)cc(Br)cc2C)ccc1OCc1ccccc1C. The molecule has 0 N–H and O–H groups in total. The molecule has 0 fully saturated rings. The predicted octanol–water partition coefficient (Wildman–Crippen LogP) is 6.58. The maximum absolute atomic E-state index is 12.3. The molecule has 0 atom stereocenters. The molecule has 0 aromatic heterocycles. The van der Waals surface area contributed by atoms with E-state index in [4.69, 9.17) is 14.2 Å². The van der Waals surface area contributed by atoms with E-state index in [-0.39, 0.29) is 0 Å². The van der Waals surface area contributed by atoms with Crippen LogP contribution in [0, 0.1) is 20.8 Å². The minimum Gasteiger partial charge on any atom is -0.493 e. The summed E-state index contributed by atoms with van der Waals surface area (Å²) in [5, 5.41) is 0. The second-order valence-corrected chi connectivity index (χ2v) is 8.16. The van der Waals surface area contributed by atoms with Gasteiger partial charge in [-0.1, -0.05) is 46.3 Å². The van der Waals surface area contributed by atoms with E-state index in [0.717, 1.165) is 26.7 Å². The first-order chi connectivity index (χ1) is 14.9. The van der Waals surface area contributed by atoms with Crippen LogP contribution >= 0.6 is 15.9 Å². The van der Waals surface area contributed by atoms with Crippen LogP contribution < -0.4 is 14.2 Å². The fourth-order valence-electron chi connectivity index (χ4n) is 3.19. The lowest BCUT2D eigenvalue weighted by molar-refractivity contribution is -0.129. The van der Waals surface area contributed by atoms with Crippen LogP contribution in [0.2, 0.25) is 0 Å². The molecule has 5 heteroatoms. The molecule has 0 radical (unpaired) electrons. The minimum atomic E-state index is -0.438. The Labute approximate surface area is 191 Å². The van der Waals surface area contributed by atoms with Gasteiger partial charge in [-0.2, -0.15) is 0 Å². The lowest BCUT2D eigenvalue weighted by Crippen LogP contribution is -2.06. The van der Waals surface area contributed by atoms with E-state index in [0.29, 0.717) is 23.9 Å². The van der Waals surface area contributed by atoms with Crippen LogP contribution in [0.15, 0.2) is 65.1 Å². The van der Waals surface area contributed by atoms with Crippen LogP contribution in [-0.2, 0) is 11.4 Å². The van der Waals surface area contributed by atoms with E-state index < -0.39 is 5.97 Å². The third-order valence-electron chi connectivity index (χ3n) is 4.87. The first-order valence-corrected chi connectivity index (χ1v) is 10.7. The van der Waals surface area contributed by atoms with Crippen LogP contribution in [0.1, 0.15) is 27.8 Å². The summed E-state index contributed by atoms with van der Waals surface area (Å²) in [5.41, 5.74) is 4.89. The van der Waals surface area contributed by atoms with E-state index in [2.05, 4.69) is 28.9 Å². The van der Waals surface area contributed by atoms with Crippen molar-refractivity contribution in [1.29, 1.82) is 0 Å². The predicted molar refractivity (Wildman–Crippen MR) is 127 cm³/mol. The quantitative estimate of drug-likeness (QED) is 0.217. The lowest BCUT2D eigenvalue weighted by atomic mass is 10.1. The molecule has 3 aromatic rings. The number of carbonyl (C=O) groups excluding carboxylic acids is 1. The zero-order valence-electron chi connectivity index (χ0n) is 18.1. The zero-order chi connectivity index (χ0) is 22.4. The molecule has 4 nitrogen and oxygen atoms in total. The van der Waals surface area contributed by atoms with Gasteiger partial charge in [-0.3, -0.25) is 0 Å². The van der Waals surface area contributed by atoms with Gasteiger partial charge in [-0.15, -0.1) is 0 Å². The molecule has 0 unspecified atom stereocenters. The highest BCUT2D eigenvalue weighted by atomic mass is 79.9. The smallest absolute Gasteiger partial charge is 0.336 e. The third kappa shape index (κ3) is 5.98. The van der Waals surface area contributed by atoms with Gasteiger partial charge in [-0.05, 0) is 78.9 Å². The maximum Gasteiger partial charge on any atom is 0.336 e. The molecule has 31 heavy (non-hydrogen) atoms. The number of esters is 1. The van der Waals surface area contributed by atoms with Gasteiger partial charge in [0.25, 0.3) is 0 Å². The molecule has 3 aromatic carbocycles. The molecule has 0 aliphatic rings. The summed E-state index contributed by atoms with van der Waals surface area (Å²) >= 11 is 3.45. The van der Waals surface area contributed by atoms with Crippen LogP contribution in [0.5, 0.6) is 17.2 Å². The highest BCUT2D eigenvalue weighted by Gasteiger charge is 2.10. The molecule has 0 heterocycles. The van der Waals surface area contributed by atoms with Crippen LogP contribution in [-0.4, -0.2) is 13.1 Å². The molecule has 160 valence electrons. The Morgan fingerprint density at radius 3 is 2.32 bits per heavy atom. The van der Waals surface area contributed by atoms with Crippen LogP contribution in [0.4, 0.5) is 0 Å². The number of ether oxygens (including phenoxy) is 3. The summed E-state index contributed by atoms with van der Waals surface area (Å²) in [6, 6.07) is 17.5. The summed E-state index contributed by atoms with van der Waals surface area (Å²) in [6.45, 7) is 6.33. The number of aryl methyl sites for hydroxylation is 3. The summed E-state index contributed by atoms with van der Waals surface area (Å²) in [7, 11) is 1.59. The van der Waals surface area contributed by atoms with Crippen molar-refractivity contribution in [2.45, 2.75) is 27.4 Å². The Morgan fingerprint density at radius 2 is 1.65 bits per heavy atom. The molecule has 0 amide bonds. The molecule has 0 spiro atoms. The Hall–Kier alpha value is -3.05. The summed E-state index contributed by atoms with van der Waals surface area (Å²) < 4.78 is 17.9. The largest absolute Gasteiger partial charge is 0.493 e. The standard InChI is InChI=1S/C26H25BrO4/c1-17-7-5-6-8-21(17)16-30-23-11-9-20(15-24(23)29-4)10-12-25(28)31-26-18(2)13-22(27)14-19(26)3/h5-15H,16H2,1-4H3/b12-10+. The number of methoxy groups -OCH3 is 1. The van der Waals surface area contributed by atoms with E-state index in [1.165, 1.54) is 11.6 Å². The van der Waals surface area contributed by atoms with Crippen molar-refractivity contribution in [3.05, 3.63) is 93.0 Å². The second-order valence-electron chi connectivity index (χ2n) is 7.25. The first kappa shape index (κ1) is 22.6. The first-order valence-electron chi connectivity index (χ1n) is 9.89. The van der Waals surface area contributed by atoms with Crippen molar-refractivity contribution in [2.24, 2.45) is 0 Å². The van der Waals surface area contributed by atoms with Crippen molar-refractivity contribution in [2.75, 3.05) is 7.11 Å². The van der Waals surface area contributed by atoms with E-state index >= 15 is 0 Å². The number of rotatable bonds is 7.